The van der Waals surface area contributed by atoms with Crippen LogP contribution in [0, 0.1) is 0 Å². The van der Waals surface area contributed by atoms with Crippen LogP contribution in [-0.4, -0.2) is 51.3 Å². The van der Waals surface area contributed by atoms with E-state index in [9.17, 15) is 14.4 Å². The zero-order valence-electron chi connectivity index (χ0n) is 14.9. The zero-order valence-corrected chi connectivity index (χ0v) is 14.9. The molecule has 0 spiro atoms. The molecule has 3 atom stereocenters. The molecule has 4 amide bonds. The van der Waals surface area contributed by atoms with Gasteiger partial charge >= 0.3 is 6.03 Å². The Morgan fingerprint density at radius 1 is 1.28 bits per heavy atom. The molecule has 0 radical (unpaired) electrons. The summed E-state index contributed by atoms with van der Waals surface area (Å²) in [7, 11) is 0. The number of hydrogen-bond donors (Lipinski definition) is 1. The largest absolute Gasteiger partial charge is 0.336 e. The molecule has 0 saturated carbocycles. The number of imide groups is 1. The maximum atomic E-state index is 12.9. The number of aromatic nitrogens is 1. The number of nitrogens with zero attached hydrogens (tertiary/aromatic N) is 3. The predicted molar refractivity (Wildman–Crippen MR) is 91.5 cm³/mol. The third kappa shape index (κ3) is 2.99. The van der Waals surface area contributed by atoms with E-state index in [2.05, 4.69) is 10.3 Å². The molecule has 1 aromatic rings. The van der Waals surface area contributed by atoms with E-state index in [1.165, 1.54) is 0 Å². The average molecular weight is 344 g/mol. The van der Waals surface area contributed by atoms with Gasteiger partial charge in [-0.1, -0.05) is 6.07 Å². The van der Waals surface area contributed by atoms with E-state index in [-0.39, 0.29) is 24.5 Å². The highest BCUT2D eigenvalue weighted by Crippen LogP contribution is 2.28. The molecule has 7 heteroatoms. The molecule has 0 bridgehead atoms. The first-order valence-corrected chi connectivity index (χ1v) is 8.71. The monoisotopic (exact) mass is 344 g/mol. The molecule has 0 aromatic carbocycles. The van der Waals surface area contributed by atoms with Crippen molar-refractivity contribution in [1.82, 2.24) is 20.1 Å². The van der Waals surface area contributed by atoms with Crippen LogP contribution in [0.25, 0.3) is 0 Å². The van der Waals surface area contributed by atoms with Crippen LogP contribution in [-0.2, 0) is 15.1 Å². The van der Waals surface area contributed by atoms with Gasteiger partial charge in [0.25, 0.3) is 5.91 Å². The molecule has 25 heavy (non-hydrogen) atoms. The molecule has 2 fully saturated rings. The number of likely N-dealkylation sites (tertiary alicyclic amines) is 1. The molecule has 3 rings (SSSR count). The normalized spacial score (nSPS) is 29.7. The highest BCUT2D eigenvalue weighted by Gasteiger charge is 2.51. The smallest absolute Gasteiger partial charge is 0.325 e. The van der Waals surface area contributed by atoms with Gasteiger partial charge in [0, 0.05) is 18.3 Å². The number of hydrogen-bond acceptors (Lipinski definition) is 4. The van der Waals surface area contributed by atoms with Gasteiger partial charge in [0.2, 0.25) is 5.91 Å². The Bertz CT molecular complexity index is 683. The minimum Gasteiger partial charge on any atom is -0.336 e. The summed E-state index contributed by atoms with van der Waals surface area (Å²) in [6, 6.07) is 4.90. The fraction of sp³-hybridized carbons (Fsp3) is 0.556. The van der Waals surface area contributed by atoms with Crippen molar-refractivity contribution >= 4 is 17.8 Å². The lowest BCUT2D eigenvalue weighted by atomic mass is 9.96. The van der Waals surface area contributed by atoms with Crippen LogP contribution in [0.4, 0.5) is 4.79 Å². The first kappa shape index (κ1) is 17.4. The van der Waals surface area contributed by atoms with E-state index in [0.29, 0.717) is 5.69 Å². The molecule has 0 unspecified atom stereocenters. The van der Waals surface area contributed by atoms with E-state index in [4.69, 9.17) is 0 Å². The highest BCUT2D eigenvalue weighted by molar-refractivity contribution is 6.09. The van der Waals surface area contributed by atoms with Crippen molar-refractivity contribution < 1.29 is 14.4 Å². The van der Waals surface area contributed by atoms with Crippen LogP contribution >= 0.6 is 0 Å². The second kappa shape index (κ2) is 6.46. The molecule has 0 aliphatic carbocycles. The summed E-state index contributed by atoms with van der Waals surface area (Å²) in [5.41, 5.74) is -0.777. The summed E-state index contributed by atoms with van der Waals surface area (Å²) in [6.45, 7) is 5.41. The SMILES string of the molecule is C[C@@H]1CCC[C@H](C)N1C(=O)CN1C(=O)N[C@](C)(c2ccccn2)C1=O. The van der Waals surface area contributed by atoms with Gasteiger partial charge < -0.3 is 10.2 Å². The van der Waals surface area contributed by atoms with Gasteiger partial charge in [-0.25, -0.2) is 4.79 Å². The molecule has 2 aliphatic heterocycles. The van der Waals surface area contributed by atoms with Gasteiger partial charge in [-0.2, -0.15) is 0 Å². The fourth-order valence-corrected chi connectivity index (χ4v) is 3.80. The standard InChI is InChI=1S/C18H24N4O3/c1-12-7-6-8-13(2)22(12)15(23)11-21-16(24)18(3,20-17(21)25)14-9-4-5-10-19-14/h4-5,9-10,12-13H,6-8,11H2,1-3H3,(H,20,25)/t12-,13+,18-/m1/s1. The minimum absolute atomic E-state index is 0.124. The predicted octanol–water partition coefficient (Wildman–Crippen LogP) is 1.64. The van der Waals surface area contributed by atoms with Gasteiger partial charge in [0.1, 0.15) is 6.54 Å². The molecular weight excluding hydrogens is 320 g/mol. The molecule has 2 saturated heterocycles. The van der Waals surface area contributed by atoms with Gasteiger partial charge in [-0.15, -0.1) is 0 Å². The van der Waals surface area contributed by atoms with Crippen LogP contribution < -0.4 is 5.32 Å². The van der Waals surface area contributed by atoms with Crippen LogP contribution in [0.15, 0.2) is 24.4 Å². The number of urea groups is 1. The summed E-state index contributed by atoms with van der Waals surface area (Å²) < 4.78 is 0. The van der Waals surface area contributed by atoms with Gasteiger partial charge in [0.15, 0.2) is 5.54 Å². The number of amides is 4. The third-order valence-corrected chi connectivity index (χ3v) is 5.23. The quantitative estimate of drug-likeness (QED) is 0.845. The van der Waals surface area contributed by atoms with Gasteiger partial charge in [-0.3, -0.25) is 19.5 Å². The lowest BCUT2D eigenvalue weighted by Gasteiger charge is -2.39. The lowest BCUT2D eigenvalue weighted by Crippen LogP contribution is -2.52. The van der Waals surface area contributed by atoms with Crippen molar-refractivity contribution in [3.05, 3.63) is 30.1 Å². The van der Waals surface area contributed by atoms with E-state index < -0.39 is 17.5 Å². The molecule has 1 aromatic heterocycles. The van der Waals surface area contributed by atoms with Crippen molar-refractivity contribution in [2.24, 2.45) is 0 Å². The molecule has 1 N–H and O–H groups in total. The van der Waals surface area contributed by atoms with Crippen LogP contribution in [0.2, 0.25) is 0 Å². The van der Waals surface area contributed by atoms with Crippen molar-refractivity contribution in [2.75, 3.05) is 6.54 Å². The Labute approximate surface area is 147 Å². The van der Waals surface area contributed by atoms with Crippen LogP contribution in [0.5, 0.6) is 0 Å². The van der Waals surface area contributed by atoms with Crippen molar-refractivity contribution in [1.29, 1.82) is 0 Å². The van der Waals surface area contributed by atoms with Crippen LogP contribution in [0.1, 0.15) is 45.7 Å². The summed E-state index contributed by atoms with van der Waals surface area (Å²) in [4.78, 5) is 45.0. The van der Waals surface area contributed by atoms with E-state index in [1.54, 1.807) is 36.2 Å². The van der Waals surface area contributed by atoms with E-state index in [0.717, 1.165) is 24.2 Å². The molecular formula is C18H24N4O3. The average Bonchev–Trinajstić information content (AvgIpc) is 2.80. The van der Waals surface area contributed by atoms with Crippen molar-refractivity contribution in [3.63, 3.8) is 0 Å². The van der Waals surface area contributed by atoms with E-state index >= 15 is 0 Å². The minimum atomic E-state index is -1.24. The zero-order chi connectivity index (χ0) is 18.2. The van der Waals surface area contributed by atoms with Crippen molar-refractivity contribution in [2.45, 2.75) is 57.7 Å². The summed E-state index contributed by atoms with van der Waals surface area (Å²) in [5, 5.41) is 2.68. The second-order valence-electron chi connectivity index (χ2n) is 7.09. The maximum Gasteiger partial charge on any atom is 0.325 e. The Balaban J connectivity index is 1.78. The molecule has 3 heterocycles. The van der Waals surface area contributed by atoms with Crippen molar-refractivity contribution in [3.8, 4) is 0 Å². The number of piperidine rings is 1. The van der Waals surface area contributed by atoms with Crippen LogP contribution in [0.3, 0.4) is 0 Å². The summed E-state index contributed by atoms with van der Waals surface area (Å²) >= 11 is 0. The Morgan fingerprint density at radius 2 is 1.96 bits per heavy atom. The molecule has 7 nitrogen and oxygen atoms in total. The lowest BCUT2D eigenvalue weighted by molar-refractivity contribution is -0.142. The maximum absolute atomic E-state index is 12.9. The van der Waals surface area contributed by atoms with Gasteiger partial charge in [-0.05, 0) is 52.2 Å². The molecule has 2 aliphatic rings. The number of carbonyl (C=O) groups excluding carboxylic acids is 3. The second-order valence-corrected chi connectivity index (χ2v) is 7.09. The highest BCUT2D eigenvalue weighted by atomic mass is 16.2. The topological polar surface area (TPSA) is 82.6 Å². The Morgan fingerprint density at radius 3 is 2.56 bits per heavy atom. The number of rotatable bonds is 3. The third-order valence-electron chi connectivity index (χ3n) is 5.23. The molecule has 134 valence electrons. The Kier molecular flexibility index (Phi) is 4.49. The fourth-order valence-electron chi connectivity index (χ4n) is 3.80. The van der Waals surface area contributed by atoms with E-state index in [1.807, 2.05) is 13.8 Å². The first-order chi connectivity index (χ1) is 11.8. The Hall–Kier alpha value is -2.44. The van der Waals surface area contributed by atoms with Gasteiger partial charge in [0.05, 0.1) is 5.69 Å². The first-order valence-electron chi connectivity index (χ1n) is 8.71. The number of nitrogens with one attached hydrogen (secondary N) is 1. The number of carbonyl (C=O) groups is 3. The summed E-state index contributed by atoms with van der Waals surface area (Å²) in [5.74, 6) is -0.629. The summed E-state index contributed by atoms with van der Waals surface area (Å²) in [6.07, 6.45) is 4.56. The number of pyridine rings is 1.